The predicted octanol–water partition coefficient (Wildman–Crippen LogP) is 2.49. The van der Waals surface area contributed by atoms with Crippen molar-refractivity contribution in [2.45, 2.75) is 34.6 Å². The van der Waals surface area contributed by atoms with E-state index in [-0.39, 0.29) is 0 Å². The Morgan fingerprint density at radius 1 is 1.14 bits per heavy atom. The Morgan fingerprint density at radius 2 is 1.64 bits per heavy atom. The molecule has 2 N–H and O–H groups in total. The summed E-state index contributed by atoms with van der Waals surface area (Å²) in [5.74, 6) is 0. The van der Waals surface area contributed by atoms with Gasteiger partial charge < -0.3 is 10.0 Å². The molecule has 0 aliphatic carbocycles. The van der Waals surface area contributed by atoms with Crippen molar-refractivity contribution in [1.82, 2.24) is 0 Å². The standard InChI is InChI=1S/C9H15BO2.C2H6/c1-4-9(10(11)12)7-5-6-8(2)3;1-2/h4-7,11-12H,1-3H3;1-2H3/b7-5-,9-4+;. The van der Waals surface area contributed by atoms with E-state index in [2.05, 4.69) is 0 Å². The number of hydrogen-bond donors (Lipinski definition) is 2. The van der Waals surface area contributed by atoms with Crippen molar-refractivity contribution in [3.63, 3.8) is 0 Å². The van der Waals surface area contributed by atoms with E-state index in [4.69, 9.17) is 10.0 Å². The molecular weight excluding hydrogens is 175 g/mol. The fourth-order valence-corrected chi connectivity index (χ4v) is 0.683. The van der Waals surface area contributed by atoms with Gasteiger partial charge in [0.05, 0.1) is 0 Å². The maximum atomic E-state index is 8.79. The van der Waals surface area contributed by atoms with Crippen LogP contribution >= 0.6 is 0 Å². The Bertz CT molecular complexity index is 211. The van der Waals surface area contributed by atoms with Gasteiger partial charge in [-0.2, -0.15) is 0 Å². The number of rotatable bonds is 3. The summed E-state index contributed by atoms with van der Waals surface area (Å²) in [4.78, 5) is 0. The molecule has 0 aromatic heterocycles. The van der Waals surface area contributed by atoms with Crippen molar-refractivity contribution in [1.29, 1.82) is 0 Å². The molecule has 0 aliphatic rings. The highest BCUT2D eigenvalue weighted by Gasteiger charge is 2.08. The lowest BCUT2D eigenvalue weighted by molar-refractivity contribution is 0.420. The van der Waals surface area contributed by atoms with E-state index in [1.54, 1.807) is 25.2 Å². The van der Waals surface area contributed by atoms with Crippen LogP contribution in [0.4, 0.5) is 0 Å². The molecule has 0 radical (unpaired) electrons. The molecule has 3 heteroatoms. The van der Waals surface area contributed by atoms with Gasteiger partial charge in [0.1, 0.15) is 0 Å². The number of hydrogen-bond acceptors (Lipinski definition) is 2. The second kappa shape index (κ2) is 10.3. The summed E-state index contributed by atoms with van der Waals surface area (Å²) in [7, 11) is -1.38. The van der Waals surface area contributed by atoms with E-state index in [1.165, 1.54) is 5.57 Å². The van der Waals surface area contributed by atoms with E-state index in [0.29, 0.717) is 5.47 Å². The van der Waals surface area contributed by atoms with Crippen LogP contribution in [0.1, 0.15) is 34.6 Å². The fourth-order valence-electron chi connectivity index (χ4n) is 0.683. The van der Waals surface area contributed by atoms with E-state index in [0.717, 1.165) is 0 Å². The predicted molar refractivity (Wildman–Crippen MR) is 63.9 cm³/mol. The van der Waals surface area contributed by atoms with Crippen LogP contribution in [-0.4, -0.2) is 17.2 Å². The minimum atomic E-state index is -1.38. The average molecular weight is 196 g/mol. The first-order valence-electron chi connectivity index (χ1n) is 4.92. The Kier molecular flexibility index (Phi) is 11.5. The quantitative estimate of drug-likeness (QED) is 0.537. The Hall–Kier alpha value is -0.795. The van der Waals surface area contributed by atoms with E-state index >= 15 is 0 Å². The van der Waals surface area contributed by atoms with E-state index in [1.807, 2.05) is 33.8 Å². The average Bonchev–Trinajstić information content (AvgIpc) is 2.14. The van der Waals surface area contributed by atoms with Crippen molar-refractivity contribution in [2.75, 3.05) is 0 Å². The highest BCUT2D eigenvalue weighted by Crippen LogP contribution is 1.99. The third-order valence-electron chi connectivity index (χ3n) is 1.35. The first kappa shape index (κ1) is 15.7. The minimum Gasteiger partial charge on any atom is -0.423 e. The lowest BCUT2D eigenvalue weighted by Gasteiger charge is -1.96. The molecule has 0 atom stereocenters. The van der Waals surface area contributed by atoms with Gasteiger partial charge >= 0.3 is 7.12 Å². The zero-order valence-electron chi connectivity index (χ0n) is 9.78. The lowest BCUT2D eigenvalue weighted by atomic mass is 9.79. The molecule has 0 amide bonds. The van der Waals surface area contributed by atoms with Crippen molar-refractivity contribution < 1.29 is 10.0 Å². The van der Waals surface area contributed by atoms with Gasteiger partial charge in [-0.15, -0.1) is 0 Å². The lowest BCUT2D eigenvalue weighted by Crippen LogP contribution is -2.13. The highest BCUT2D eigenvalue weighted by molar-refractivity contribution is 6.51. The van der Waals surface area contributed by atoms with Gasteiger partial charge in [0.15, 0.2) is 0 Å². The molecule has 0 aromatic carbocycles. The van der Waals surface area contributed by atoms with Crippen LogP contribution in [0.15, 0.2) is 35.3 Å². The molecule has 0 heterocycles. The molecule has 80 valence electrons. The van der Waals surface area contributed by atoms with Gasteiger partial charge in [0.25, 0.3) is 0 Å². The first-order chi connectivity index (χ1) is 6.57. The van der Waals surface area contributed by atoms with E-state index < -0.39 is 7.12 Å². The van der Waals surface area contributed by atoms with Crippen molar-refractivity contribution in [3.8, 4) is 0 Å². The summed E-state index contributed by atoms with van der Waals surface area (Å²) in [5, 5.41) is 17.6. The Labute approximate surface area is 87.8 Å². The van der Waals surface area contributed by atoms with Gasteiger partial charge in [-0.1, -0.05) is 43.7 Å². The van der Waals surface area contributed by atoms with Crippen LogP contribution in [0.3, 0.4) is 0 Å². The van der Waals surface area contributed by atoms with Gasteiger partial charge in [-0.05, 0) is 26.2 Å². The molecule has 0 aromatic rings. The molecule has 0 rings (SSSR count). The van der Waals surface area contributed by atoms with Crippen LogP contribution in [0, 0.1) is 0 Å². The molecule has 0 aliphatic heterocycles. The summed E-state index contributed by atoms with van der Waals surface area (Å²) in [6, 6.07) is 0. The van der Waals surface area contributed by atoms with Gasteiger partial charge in [0, 0.05) is 0 Å². The second-order valence-corrected chi connectivity index (χ2v) is 2.77. The summed E-state index contributed by atoms with van der Waals surface area (Å²) < 4.78 is 0. The normalized spacial score (nSPS) is 10.6. The van der Waals surface area contributed by atoms with Crippen LogP contribution in [0.5, 0.6) is 0 Å². The maximum absolute atomic E-state index is 8.79. The van der Waals surface area contributed by atoms with Crippen molar-refractivity contribution in [2.24, 2.45) is 0 Å². The molecule has 0 saturated carbocycles. The summed E-state index contributed by atoms with van der Waals surface area (Å²) in [5.41, 5.74) is 1.68. The largest absolute Gasteiger partial charge is 0.488 e. The van der Waals surface area contributed by atoms with Gasteiger partial charge in [-0.25, -0.2) is 0 Å². The number of allylic oxidation sites excluding steroid dienone is 6. The molecule has 0 spiro atoms. The molecule has 2 nitrogen and oxygen atoms in total. The zero-order valence-corrected chi connectivity index (χ0v) is 9.78. The summed E-state index contributed by atoms with van der Waals surface area (Å²) in [6.45, 7) is 9.73. The van der Waals surface area contributed by atoms with Gasteiger partial charge in [-0.3, -0.25) is 0 Å². The molecular formula is C11H21BO2. The fraction of sp³-hybridized carbons (Fsp3) is 0.455. The summed E-state index contributed by atoms with van der Waals surface area (Å²) >= 11 is 0. The molecule has 0 fully saturated rings. The Morgan fingerprint density at radius 3 is 1.93 bits per heavy atom. The first-order valence-corrected chi connectivity index (χ1v) is 4.92. The zero-order chi connectivity index (χ0) is 11.6. The third-order valence-corrected chi connectivity index (χ3v) is 1.35. The Balaban J connectivity index is 0. The van der Waals surface area contributed by atoms with Crippen LogP contribution in [-0.2, 0) is 0 Å². The van der Waals surface area contributed by atoms with Crippen molar-refractivity contribution >= 4 is 7.12 Å². The van der Waals surface area contributed by atoms with Crippen LogP contribution in [0.25, 0.3) is 0 Å². The SMILES string of the molecule is C/C=C(\C=C/C=C(C)C)B(O)O.CC. The van der Waals surface area contributed by atoms with Crippen molar-refractivity contribution in [3.05, 3.63) is 35.3 Å². The van der Waals surface area contributed by atoms with Crippen LogP contribution in [0.2, 0.25) is 0 Å². The third kappa shape index (κ3) is 9.29. The topological polar surface area (TPSA) is 40.5 Å². The molecule has 0 bridgehead atoms. The molecule has 0 unspecified atom stereocenters. The minimum absolute atomic E-state index is 0.507. The maximum Gasteiger partial charge on any atom is 0.488 e. The van der Waals surface area contributed by atoms with Gasteiger partial charge in [0.2, 0.25) is 0 Å². The molecule has 14 heavy (non-hydrogen) atoms. The second-order valence-electron chi connectivity index (χ2n) is 2.77. The summed E-state index contributed by atoms with van der Waals surface area (Å²) in [6.07, 6.45) is 7.05. The highest BCUT2D eigenvalue weighted by atomic mass is 16.4. The smallest absolute Gasteiger partial charge is 0.423 e. The molecule has 0 saturated heterocycles. The monoisotopic (exact) mass is 196 g/mol. The van der Waals surface area contributed by atoms with Crippen LogP contribution < -0.4 is 0 Å². The van der Waals surface area contributed by atoms with E-state index in [9.17, 15) is 0 Å².